The van der Waals surface area contributed by atoms with Crippen LogP contribution in [0.1, 0.15) is 20.3 Å². The van der Waals surface area contributed by atoms with Crippen LogP contribution in [-0.4, -0.2) is 20.8 Å². The maximum Gasteiger partial charge on any atom is 0.262 e. The Balaban J connectivity index is 2.86. The number of nitrogens with zero attached hydrogens (tertiary/aromatic N) is 1. The molecule has 0 saturated heterocycles. The molecule has 0 aliphatic carbocycles. The highest BCUT2D eigenvalue weighted by Crippen LogP contribution is 2.11. The molecule has 6 heteroatoms. The molecule has 0 aliphatic heterocycles. The Kier molecular flexibility index (Phi) is 4.51. The van der Waals surface area contributed by atoms with Gasteiger partial charge in [0.15, 0.2) is 0 Å². The number of nitrogen functional groups attached to an aromatic ring is 1. The van der Waals surface area contributed by atoms with Crippen LogP contribution >= 0.6 is 0 Å². The number of amidine groups is 1. The zero-order valence-corrected chi connectivity index (χ0v) is 10.8. The van der Waals surface area contributed by atoms with Crippen LogP contribution < -0.4 is 10.5 Å². The molecule has 0 amide bonds. The number of rotatable bonds is 4. The van der Waals surface area contributed by atoms with Crippen LogP contribution in [0.25, 0.3) is 0 Å². The molecule has 94 valence electrons. The van der Waals surface area contributed by atoms with Gasteiger partial charge in [0.2, 0.25) is 0 Å². The molecule has 0 bridgehead atoms. The summed E-state index contributed by atoms with van der Waals surface area (Å²) in [7, 11) is -3.54. The van der Waals surface area contributed by atoms with Gasteiger partial charge in [0.25, 0.3) is 10.0 Å². The minimum absolute atomic E-state index is 0.178. The molecule has 17 heavy (non-hydrogen) atoms. The molecule has 1 rings (SSSR count). The first kappa shape index (κ1) is 13.5. The molecule has 0 unspecified atom stereocenters. The summed E-state index contributed by atoms with van der Waals surface area (Å²) < 4.78 is 26.2. The van der Waals surface area contributed by atoms with Crippen molar-refractivity contribution in [2.45, 2.75) is 25.2 Å². The maximum absolute atomic E-state index is 11.9. The van der Waals surface area contributed by atoms with E-state index in [4.69, 9.17) is 5.73 Å². The fraction of sp³-hybridized carbons (Fsp3) is 0.364. The summed E-state index contributed by atoms with van der Waals surface area (Å²) in [6.45, 7) is 4.21. The topological polar surface area (TPSA) is 84.5 Å². The lowest BCUT2D eigenvalue weighted by molar-refractivity contribution is 0.592. The van der Waals surface area contributed by atoms with E-state index in [1.54, 1.807) is 19.1 Å². The van der Waals surface area contributed by atoms with E-state index in [1.807, 2.05) is 6.92 Å². The summed E-state index contributed by atoms with van der Waals surface area (Å²) in [6, 6.07) is 6.02. The van der Waals surface area contributed by atoms with E-state index in [2.05, 4.69) is 9.71 Å². The molecule has 0 heterocycles. The molecule has 0 radical (unpaired) electrons. The molecule has 0 fully saturated rings. The van der Waals surface area contributed by atoms with E-state index < -0.39 is 10.0 Å². The summed E-state index contributed by atoms with van der Waals surface area (Å²) in [5, 5.41) is 0. The quantitative estimate of drug-likeness (QED) is 0.484. The summed E-state index contributed by atoms with van der Waals surface area (Å²) in [4.78, 5) is 4.25. The van der Waals surface area contributed by atoms with Gasteiger partial charge in [-0.15, -0.1) is 0 Å². The SMILES string of the molecule is CCCN=C(C)NS(=O)(=O)c1ccc(N)cc1. The third-order valence-electron chi connectivity index (χ3n) is 2.05. The average Bonchev–Trinajstić information content (AvgIpc) is 2.26. The molecule has 0 saturated carbocycles. The van der Waals surface area contributed by atoms with Crippen molar-refractivity contribution >= 4 is 21.5 Å². The molecule has 0 atom stereocenters. The highest BCUT2D eigenvalue weighted by atomic mass is 32.2. The van der Waals surface area contributed by atoms with Crippen LogP contribution in [0.5, 0.6) is 0 Å². The van der Waals surface area contributed by atoms with Crippen molar-refractivity contribution in [2.24, 2.45) is 4.99 Å². The lowest BCUT2D eigenvalue weighted by atomic mass is 10.3. The van der Waals surface area contributed by atoms with Crippen molar-refractivity contribution in [3.05, 3.63) is 24.3 Å². The molecule has 1 aromatic carbocycles. The highest BCUT2D eigenvalue weighted by molar-refractivity contribution is 7.90. The fourth-order valence-corrected chi connectivity index (χ4v) is 2.28. The van der Waals surface area contributed by atoms with Crippen molar-refractivity contribution in [3.8, 4) is 0 Å². The van der Waals surface area contributed by atoms with Crippen LogP contribution in [0.15, 0.2) is 34.2 Å². The Morgan fingerprint density at radius 2 is 1.94 bits per heavy atom. The normalized spacial score (nSPS) is 12.5. The Morgan fingerprint density at radius 1 is 1.35 bits per heavy atom. The Labute approximate surface area is 102 Å². The Morgan fingerprint density at radius 3 is 2.47 bits per heavy atom. The molecule has 3 N–H and O–H groups in total. The third-order valence-corrected chi connectivity index (χ3v) is 3.50. The molecular formula is C11H17N3O2S. The largest absolute Gasteiger partial charge is 0.399 e. The van der Waals surface area contributed by atoms with Crippen molar-refractivity contribution in [3.63, 3.8) is 0 Å². The highest BCUT2D eigenvalue weighted by Gasteiger charge is 2.13. The number of nitrogens with two attached hydrogens (primary N) is 1. The van der Waals surface area contributed by atoms with Crippen LogP contribution in [0.3, 0.4) is 0 Å². The van der Waals surface area contributed by atoms with Crippen LogP contribution in [0, 0.1) is 0 Å². The van der Waals surface area contributed by atoms with Gasteiger partial charge in [-0.1, -0.05) is 6.92 Å². The summed E-state index contributed by atoms with van der Waals surface area (Å²) >= 11 is 0. The average molecular weight is 255 g/mol. The molecule has 0 spiro atoms. The Bertz CT molecular complexity index is 492. The lowest BCUT2D eigenvalue weighted by Crippen LogP contribution is -2.28. The van der Waals surface area contributed by atoms with Crippen LogP contribution in [-0.2, 0) is 10.0 Å². The summed E-state index contributed by atoms with van der Waals surface area (Å²) in [5.41, 5.74) is 6.03. The zero-order chi connectivity index (χ0) is 12.9. The maximum atomic E-state index is 11.9. The zero-order valence-electron chi connectivity index (χ0n) is 9.97. The van der Waals surface area contributed by atoms with Gasteiger partial charge in [0.05, 0.1) is 4.90 Å². The minimum atomic E-state index is -3.54. The van der Waals surface area contributed by atoms with Gasteiger partial charge >= 0.3 is 0 Å². The smallest absolute Gasteiger partial charge is 0.262 e. The van der Waals surface area contributed by atoms with Gasteiger partial charge in [-0.3, -0.25) is 9.71 Å². The second-order valence-corrected chi connectivity index (χ2v) is 5.32. The fourth-order valence-electron chi connectivity index (χ4n) is 1.21. The number of benzene rings is 1. The second-order valence-electron chi connectivity index (χ2n) is 3.64. The number of hydrogen-bond donors (Lipinski definition) is 2. The lowest BCUT2D eigenvalue weighted by Gasteiger charge is -2.07. The van der Waals surface area contributed by atoms with Gasteiger partial charge in [-0.25, -0.2) is 8.42 Å². The van der Waals surface area contributed by atoms with Gasteiger partial charge in [-0.05, 0) is 37.6 Å². The number of aliphatic imine (C=N–C) groups is 1. The number of anilines is 1. The van der Waals surface area contributed by atoms with Crippen molar-refractivity contribution in [1.82, 2.24) is 4.72 Å². The number of nitrogens with one attached hydrogen (secondary N) is 1. The van der Waals surface area contributed by atoms with Gasteiger partial charge < -0.3 is 5.73 Å². The van der Waals surface area contributed by atoms with E-state index in [0.717, 1.165) is 6.42 Å². The van der Waals surface area contributed by atoms with Gasteiger partial charge in [0.1, 0.15) is 5.84 Å². The van der Waals surface area contributed by atoms with Gasteiger partial charge in [-0.2, -0.15) is 0 Å². The van der Waals surface area contributed by atoms with Crippen LogP contribution in [0.4, 0.5) is 5.69 Å². The van der Waals surface area contributed by atoms with E-state index in [0.29, 0.717) is 18.1 Å². The first-order valence-corrected chi connectivity index (χ1v) is 6.83. The number of sulfonamides is 1. The van der Waals surface area contributed by atoms with E-state index in [9.17, 15) is 8.42 Å². The summed E-state index contributed by atoms with van der Waals surface area (Å²) in [6.07, 6.45) is 0.876. The van der Waals surface area contributed by atoms with Gasteiger partial charge in [0, 0.05) is 12.2 Å². The first-order valence-electron chi connectivity index (χ1n) is 5.35. The van der Waals surface area contributed by atoms with E-state index in [1.165, 1.54) is 12.1 Å². The summed E-state index contributed by atoms with van der Waals surface area (Å²) in [5.74, 6) is 0.392. The second kappa shape index (κ2) is 5.67. The predicted molar refractivity (Wildman–Crippen MR) is 69.4 cm³/mol. The van der Waals surface area contributed by atoms with E-state index >= 15 is 0 Å². The van der Waals surface area contributed by atoms with E-state index in [-0.39, 0.29) is 4.90 Å². The Hall–Kier alpha value is -1.56. The monoisotopic (exact) mass is 255 g/mol. The molecular weight excluding hydrogens is 238 g/mol. The van der Waals surface area contributed by atoms with Crippen molar-refractivity contribution in [2.75, 3.05) is 12.3 Å². The molecule has 0 aromatic heterocycles. The molecule has 0 aliphatic rings. The standard InChI is InChI=1S/C11H17N3O2S/c1-3-8-13-9(2)14-17(15,16)11-6-4-10(12)5-7-11/h4-7H,3,8,12H2,1-2H3,(H,13,14). The molecule has 1 aromatic rings. The first-order chi connectivity index (χ1) is 7.95. The van der Waals surface area contributed by atoms with Crippen LogP contribution in [0.2, 0.25) is 0 Å². The van der Waals surface area contributed by atoms with Crippen molar-refractivity contribution in [1.29, 1.82) is 0 Å². The number of hydrogen-bond acceptors (Lipinski definition) is 4. The third kappa shape index (κ3) is 4.07. The van der Waals surface area contributed by atoms with Crippen molar-refractivity contribution < 1.29 is 8.42 Å². The molecule has 5 nitrogen and oxygen atoms in total. The minimum Gasteiger partial charge on any atom is -0.399 e. The predicted octanol–water partition coefficient (Wildman–Crippen LogP) is 1.38.